The van der Waals surface area contributed by atoms with E-state index in [-0.39, 0.29) is 24.3 Å². The Morgan fingerprint density at radius 2 is 1.48 bits per heavy atom. The van der Waals surface area contributed by atoms with Crippen molar-refractivity contribution in [3.63, 3.8) is 0 Å². The van der Waals surface area contributed by atoms with E-state index in [1.165, 1.54) is 0 Å². The van der Waals surface area contributed by atoms with Gasteiger partial charge < -0.3 is 26.0 Å². The van der Waals surface area contributed by atoms with Crippen molar-refractivity contribution >= 4 is 29.1 Å². The van der Waals surface area contributed by atoms with Gasteiger partial charge in [-0.2, -0.15) is 0 Å². The smallest absolute Gasteiger partial charge is 0.251 e. The second kappa shape index (κ2) is 13.0. The van der Waals surface area contributed by atoms with Gasteiger partial charge in [0.05, 0.1) is 13.2 Å². The molecule has 8 nitrogen and oxygen atoms in total. The minimum atomic E-state index is -0.269. The van der Waals surface area contributed by atoms with Crippen molar-refractivity contribution in [2.75, 3.05) is 44.0 Å². The Morgan fingerprint density at radius 3 is 2.13 bits per heavy atom. The molecule has 0 fully saturated rings. The van der Waals surface area contributed by atoms with E-state index in [9.17, 15) is 14.4 Å². The van der Waals surface area contributed by atoms with Gasteiger partial charge in [-0.25, -0.2) is 0 Å². The number of amides is 3. The highest BCUT2D eigenvalue weighted by Gasteiger charge is 2.09. The number of methoxy groups -OCH3 is 1. The molecular formula is C23H30N4O4. The molecule has 0 aliphatic carbocycles. The summed E-state index contributed by atoms with van der Waals surface area (Å²) < 4.78 is 4.91. The van der Waals surface area contributed by atoms with E-state index < -0.39 is 0 Å². The minimum Gasteiger partial charge on any atom is -0.383 e. The molecule has 2 aromatic carbocycles. The van der Waals surface area contributed by atoms with E-state index in [0.717, 1.165) is 12.8 Å². The molecule has 0 aliphatic heterocycles. The average Bonchev–Trinajstić information content (AvgIpc) is 2.78. The monoisotopic (exact) mass is 426 g/mol. The zero-order valence-electron chi connectivity index (χ0n) is 18.0. The molecule has 0 saturated heterocycles. The zero-order valence-corrected chi connectivity index (χ0v) is 18.0. The van der Waals surface area contributed by atoms with Gasteiger partial charge in [-0.05, 0) is 42.8 Å². The summed E-state index contributed by atoms with van der Waals surface area (Å²) in [4.78, 5) is 36.6. The van der Waals surface area contributed by atoms with Gasteiger partial charge in [0.1, 0.15) is 0 Å². The van der Waals surface area contributed by atoms with Gasteiger partial charge in [-0.3, -0.25) is 14.4 Å². The SMILES string of the molecule is CCCCNC(=O)c1cccc(NCC(=O)Nc2cccc(C(=O)NCCOC)c2)c1. The Bertz CT molecular complexity index is 885. The molecule has 31 heavy (non-hydrogen) atoms. The second-order valence-electron chi connectivity index (χ2n) is 6.92. The molecule has 2 aromatic rings. The van der Waals surface area contributed by atoms with E-state index in [4.69, 9.17) is 4.74 Å². The first-order valence-corrected chi connectivity index (χ1v) is 10.3. The fourth-order valence-corrected chi connectivity index (χ4v) is 2.75. The van der Waals surface area contributed by atoms with Gasteiger partial charge in [0.2, 0.25) is 5.91 Å². The molecule has 0 saturated carbocycles. The molecule has 0 aromatic heterocycles. The molecule has 8 heteroatoms. The van der Waals surface area contributed by atoms with Crippen molar-refractivity contribution in [2.45, 2.75) is 19.8 Å². The molecule has 0 unspecified atom stereocenters. The van der Waals surface area contributed by atoms with Crippen molar-refractivity contribution in [1.82, 2.24) is 10.6 Å². The molecule has 0 atom stereocenters. The van der Waals surface area contributed by atoms with Crippen molar-refractivity contribution < 1.29 is 19.1 Å². The lowest BCUT2D eigenvalue weighted by Crippen LogP contribution is -2.27. The Hall–Kier alpha value is -3.39. The van der Waals surface area contributed by atoms with E-state index >= 15 is 0 Å². The van der Waals surface area contributed by atoms with Crippen LogP contribution in [0.2, 0.25) is 0 Å². The van der Waals surface area contributed by atoms with Crippen LogP contribution in [0, 0.1) is 0 Å². The molecular weight excluding hydrogens is 396 g/mol. The molecule has 166 valence electrons. The van der Waals surface area contributed by atoms with Crippen molar-refractivity contribution in [3.05, 3.63) is 59.7 Å². The fourth-order valence-electron chi connectivity index (χ4n) is 2.75. The predicted octanol–water partition coefficient (Wildman–Crippen LogP) is 2.64. The molecule has 2 rings (SSSR count). The Kier molecular flexibility index (Phi) is 10.0. The summed E-state index contributed by atoms with van der Waals surface area (Å²) in [5, 5.41) is 11.4. The van der Waals surface area contributed by atoms with Gasteiger partial charge in [0, 0.05) is 42.7 Å². The summed E-state index contributed by atoms with van der Waals surface area (Å²) in [7, 11) is 1.56. The maximum absolute atomic E-state index is 12.3. The van der Waals surface area contributed by atoms with Crippen LogP contribution in [0.25, 0.3) is 0 Å². The number of ether oxygens (including phenoxy) is 1. The van der Waals surface area contributed by atoms with Crippen LogP contribution in [0.15, 0.2) is 48.5 Å². The Morgan fingerprint density at radius 1 is 0.871 bits per heavy atom. The van der Waals surface area contributed by atoms with Gasteiger partial charge in [-0.1, -0.05) is 25.5 Å². The van der Waals surface area contributed by atoms with E-state index in [2.05, 4.69) is 28.2 Å². The van der Waals surface area contributed by atoms with E-state index in [1.54, 1.807) is 55.6 Å². The number of rotatable bonds is 12. The fraction of sp³-hybridized carbons (Fsp3) is 0.348. The van der Waals surface area contributed by atoms with Crippen LogP contribution < -0.4 is 21.3 Å². The molecule has 0 spiro atoms. The third kappa shape index (κ3) is 8.47. The van der Waals surface area contributed by atoms with Crippen LogP contribution in [0.5, 0.6) is 0 Å². The van der Waals surface area contributed by atoms with Crippen LogP contribution in [0.1, 0.15) is 40.5 Å². The maximum Gasteiger partial charge on any atom is 0.251 e. The first-order chi connectivity index (χ1) is 15.0. The highest BCUT2D eigenvalue weighted by Crippen LogP contribution is 2.12. The molecule has 0 heterocycles. The highest BCUT2D eigenvalue weighted by atomic mass is 16.5. The molecule has 0 bridgehead atoms. The lowest BCUT2D eigenvalue weighted by atomic mass is 10.2. The maximum atomic E-state index is 12.3. The van der Waals surface area contributed by atoms with Crippen LogP contribution in [-0.2, 0) is 9.53 Å². The first kappa shape index (κ1) is 23.9. The average molecular weight is 427 g/mol. The lowest BCUT2D eigenvalue weighted by molar-refractivity contribution is -0.114. The van der Waals surface area contributed by atoms with Crippen LogP contribution in [-0.4, -0.2) is 51.1 Å². The van der Waals surface area contributed by atoms with Gasteiger partial charge in [-0.15, -0.1) is 0 Å². The quantitative estimate of drug-likeness (QED) is 0.390. The highest BCUT2D eigenvalue weighted by molar-refractivity contribution is 5.98. The van der Waals surface area contributed by atoms with Crippen molar-refractivity contribution in [1.29, 1.82) is 0 Å². The van der Waals surface area contributed by atoms with Crippen molar-refractivity contribution in [3.8, 4) is 0 Å². The summed E-state index contributed by atoms with van der Waals surface area (Å²) >= 11 is 0. The zero-order chi connectivity index (χ0) is 22.5. The molecule has 3 amide bonds. The number of anilines is 2. The third-order valence-corrected chi connectivity index (χ3v) is 4.39. The number of carbonyl (C=O) groups excluding carboxylic acids is 3. The number of unbranched alkanes of at least 4 members (excludes halogenated alkanes) is 1. The summed E-state index contributed by atoms with van der Waals surface area (Å²) in [5.41, 5.74) is 2.18. The van der Waals surface area contributed by atoms with Crippen LogP contribution in [0.4, 0.5) is 11.4 Å². The molecule has 0 radical (unpaired) electrons. The number of hydrogen-bond acceptors (Lipinski definition) is 5. The number of carbonyl (C=O) groups is 3. The normalized spacial score (nSPS) is 10.3. The van der Waals surface area contributed by atoms with E-state index in [0.29, 0.717) is 42.2 Å². The summed E-state index contributed by atoms with van der Waals surface area (Å²) in [6.07, 6.45) is 1.94. The summed E-state index contributed by atoms with van der Waals surface area (Å²) in [6, 6.07) is 13.7. The molecule has 4 N–H and O–H groups in total. The summed E-state index contributed by atoms with van der Waals surface area (Å²) in [5.74, 6) is -0.641. The third-order valence-electron chi connectivity index (χ3n) is 4.39. The van der Waals surface area contributed by atoms with Crippen molar-refractivity contribution in [2.24, 2.45) is 0 Å². The first-order valence-electron chi connectivity index (χ1n) is 10.3. The number of benzene rings is 2. The van der Waals surface area contributed by atoms with E-state index in [1.807, 2.05) is 0 Å². The minimum absolute atomic E-state index is 0.0190. The largest absolute Gasteiger partial charge is 0.383 e. The van der Waals surface area contributed by atoms with Gasteiger partial charge in [0.25, 0.3) is 11.8 Å². The molecule has 0 aliphatic rings. The van der Waals surface area contributed by atoms with Gasteiger partial charge in [0.15, 0.2) is 0 Å². The number of nitrogens with one attached hydrogen (secondary N) is 4. The topological polar surface area (TPSA) is 109 Å². The van der Waals surface area contributed by atoms with Crippen LogP contribution in [0.3, 0.4) is 0 Å². The Balaban J connectivity index is 1.87. The lowest BCUT2D eigenvalue weighted by Gasteiger charge is -2.10. The van der Waals surface area contributed by atoms with Crippen LogP contribution >= 0.6 is 0 Å². The second-order valence-corrected chi connectivity index (χ2v) is 6.92. The Labute approximate surface area is 182 Å². The standard InChI is InChI=1S/C23H30N4O4/c1-3-4-11-24-22(29)17-7-5-9-19(14-17)26-16-21(28)27-20-10-6-8-18(15-20)23(30)25-12-13-31-2/h5-10,14-15,26H,3-4,11-13,16H2,1-2H3,(H,24,29)(H,25,30)(H,27,28). The number of hydrogen-bond donors (Lipinski definition) is 4. The summed E-state index contributed by atoms with van der Waals surface area (Å²) in [6.45, 7) is 3.56. The predicted molar refractivity (Wildman–Crippen MR) is 121 cm³/mol. The van der Waals surface area contributed by atoms with Gasteiger partial charge >= 0.3 is 0 Å².